The Bertz CT molecular complexity index is 1030. The molecule has 4 rings (SSSR count). The van der Waals surface area contributed by atoms with Crippen LogP contribution in [0.25, 0.3) is 11.1 Å². The Labute approximate surface area is 177 Å². The van der Waals surface area contributed by atoms with Gasteiger partial charge in [-0.05, 0) is 54.3 Å². The van der Waals surface area contributed by atoms with Crippen LogP contribution < -0.4 is 4.74 Å². The van der Waals surface area contributed by atoms with Crippen LogP contribution >= 0.6 is 0 Å². The van der Waals surface area contributed by atoms with E-state index in [-0.39, 0.29) is 0 Å². The Morgan fingerprint density at radius 1 is 1.10 bits per heavy atom. The van der Waals surface area contributed by atoms with Crippen LogP contribution in [0.4, 0.5) is 0 Å². The van der Waals surface area contributed by atoms with Crippen LogP contribution in [0.1, 0.15) is 30.7 Å². The van der Waals surface area contributed by atoms with Crippen molar-refractivity contribution in [2.75, 3.05) is 6.54 Å². The molecule has 0 aliphatic carbocycles. The zero-order valence-corrected chi connectivity index (χ0v) is 17.3. The summed E-state index contributed by atoms with van der Waals surface area (Å²) in [6.07, 6.45) is 2.59. The van der Waals surface area contributed by atoms with Gasteiger partial charge in [-0.2, -0.15) is 0 Å². The molecule has 0 saturated heterocycles. The van der Waals surface area contributed by atoms with Gasteiger partial charge in [-0.15, -0.1) is 0 Å². The third-order valence-corrected chi connectivity index (χ3v) is 5.84. The number of hydrogen-bond donors (Lipinski definition) is 1. The van der Waals surface area contributed by atoms with Crippen molar-refractivity contribution in [3.63, 3.8) is 0 Å². The van der Waals surface area contributed by atoms with E-state index in [2.05, 4.69) is 17.1 Å². The Balaban J connectivity index is 1.55. The number of rotatable bonds is 6. The SMILES string of the molecule is CC(C)(C(=O)O)N1CCc2nccc(-c3ccc(OCc4ccccc4)cc3)c2C1. The van der Waals surface area contributed by atoms with Gasteiger partial charge in [0.2, 0.25) is 0 Å². The Morgan fingerprint density at radius 3 is 2.53 bits per heavy atom. The highest BCUT2D eigenvalue weighted by atomic mass is 16.5. The van der Waals surface area contributed by atoms with Crippen molar-refractivity contribution in [3.8, 4) is 16.9 Å². The van der Waals surface area contributed by atoms with E-state index in [0.717, 1.165) is 40.1 Å². The first-order valence-corrected chi connectivity index (χ1v) is 10.2. The number of carboxylic acids is 1. The number of carbonyl (C=O) groups is 1. The van der Waals surface area contributed by atoms with E-state index < -0.39 is 11.5 Å². The van der Waals surface area contributed by atoms with Gasteiger partial charge >= 0.3 is 5.97 Å². The lowest BCUT2D eigenvalue weighted by atomic mass is 9.92. The Hall–Kier alpha value is -3.18. The lowest BCUT2D eigenvalue weighted by molar-refractivity contribution is -0.150. The normalized spacial score (nSPS) is 14.2. The van der Waals surface area contributed by atoms with Gasteiger partial charge in [0.15, 0.2) is 0 Å². The van der Waals surface area contributed by atoms with Gasteiger partial charge in [0, 0.05) is 31.4 Å². The van der Waals surface area contributed by atoms with E-state index in [1.807, 2.05) is 59.6 Å². The molecule has 0 unspecified atom stereocenters. The summed E-state index contributed by atoms with van der Waals surface area (Å²) >= 11 is 0. The summed E-state index contributed by atoms with van der Waals surface area (Å²) < 4.78 is 5.90. The maximum absolute atomic E-state index is 11.7. The van der Waals surface area contributed by atoms with Crippen molar-refractivity contribution in [1.82, 2.24) is 9.88 Å². The summed E-state index contributed by atoms with van der Waals surface area (Å²) in [4.78, 5) is 18.3. The summed E-state index contributed by atoms with van der Waals surface area (Å²) in [5.41, 5.74) is 4.55. The van der Waals surface area contributed by atoms with Crippen LogP contribution in [0, 0.1) is 0 Å². The topological polar surface area (TPSA) is 62.7 Å². The predicted molar refractivity (Wildman–Crippen MR) is 116 cm³/mol. The molecule has 30 heavy (non-hydrogen) atoms. The van der Waals surface area contributed by atoms with E-state index in [4.69, 9.17) is 4.74 Å². The summed E-state index contributed by atoms with van der Waals surface area (Å²) in [7, 11) is 0. The number of carboxylic acid groups (broad SMARTS) is 1. The molecular weight excluding hydrogens is 376 g/mol. The number of aliphatic carboxylic acids is 1. The minimum absolute atomic E-state index is 0.532. The molecule has 5 heteroatoms. The first-order valence-electron chi connectivity index (χ1n) is 10.2. The third kappa shape index (κ3) is 4.07. The second-order valence-electron chi connectivity index (χ2n) is 8.12. The van der Waals surface area contributed by atoms with Crippen LogP contribution in [0.3, 0.4) is 0 Å². The number of pyridine rings is 1. The molecule has 2 aromatic carbocycles. The maximum Gasteiger partial charge on any atom is 0.323 e. The lowest BCUT2D eigenvalue weighted by Crippen LogP contribution is -2.52. The largest absolute Gasteiger partial charge is 0.489 e. The highest BCUT2D eigenvalue weighted by Crippen LogP contribution is 2.33. The number of ether oxygens (including phenoxy) is 1. The fraction of sp³-hybridized carbons (Fsp3) is 0.280. The number of aromatic nitrogens is 1. The molecule has 0 radical (unpaired) electrons. The number of benzene rings is 2. The van der Waals surface area contributed by atoms with Crippen LogP contribution in [-0.2, 0) is 24.4 Å². The van der Waals surface area contributed by atoms with Gasteiger partial charge in [-0.25, -0.2) is 0 Å². The molecule has 0 atom stereocenters. The van der Waals surface area contributed by atoms with Crippen LogP contribution in [0.15, 0.2) is 66.9 Å². The number of nitrogens with zero attached hydrogens (tertiary/aromatic N) is 2. The van der Waals surface area contributed by atoms with Crippen molar-refractivity contribution in [3.05, 3.63) is 83.7 Å². The van der Waals surface area contributed by atoms with Gasteiger partial charge < -0.3 is 9.84 Å². The highest BCUT2D eigenvalue weighted by molar-refractivity contribution is 5.78. The molecule has 3 aromatic rings. The molecule has 0 fully saturated rings. The molecule has 1 aromatic heterocycles. The molecule has 1 N–H and O–H groups in total. The van der Waals surface area contributed by atoms with Gasteiger partial charge in [0.05, 0.1) is 0 Å². The monoisotopic (exact) mass is 402 g/mol. The van der Waals surface area contributed by atoms with Crippen LogP contribution in [0.2, 0.25) is 0 Å². The van der Waals surface area contributed by atoms with Crippen LogP contribution in [-0.4, -0.2) is 33.0 Å². The third-order valence-electron chi connectivity index (χ3n) is 5.84. The van der Waals surface area contributed by atoms with Crippen molar-refractivity contribution >= 4 is 5.97 Å². The molecule has 2 heterocycles. The van der Waals surface area contributed by atoms with Crippen LogP contribution in [0.5, 0.6) is 5.75 Å². The Morgan fingerprint density at radius 2 is 1.83 bits per heavy atom. The molecule has 154 valence electrons. The van der Waals surface area contributed by atoms with E-state index in [9.17, 15) is 9.90 Å². The van der Waals surface area contributed by atoms with Gasteiger partial charge in [-0.3, -0.25) is 14.7 Å². The highest BCUT2D eigenvalue weighted by Gasteiger charge is 2.37. The first-order chi connectivity index (χ1) is 14.4. The van der Waals surface area contributed by atoms with Gasteiger partial charge in [-0.1, -0.05) is 42.5 Å². The zero-order valence-electron chi connectivity index (χ0n) is 17.3. The molecule has 0 spiro atoms. The number of hydrogen-bond acceptors (Lipinski definition) is 4. The molecule has 1 aliphatic heterocycles. The van der Waals surface area contributed by atoms with Gasteiger partial charge in [0.25, 0.3) is 0 Å². The van der Waals surface area contributed by atoms with Crippen molar-refractivity contribution < 1.29 is 14.6 Å². The average molecular weight is 402 g/mol. The summed E-state index contributed by atoms with van der Waals surface area (Å²) in [5.74, 6) is 0.00970. The van der Waals surface area contributed by atoms with Crippen molar-refractivity contribution in [2.45, 2.75) is 39.0 Å². The van der Waals surface area contributed by atoms with E-state index in [0.29, 0.717) is 19.7 Å². The Kier molecular flexibility index (Phi) is 5.55. The minimum atomic E-state index is -0.917. The summed E-state index contributed by atoms with van der Waals surface area (Å²) in [6.45, 7) is 5.31. The fourth-order valence-corrected chi connectivity index (χ4v) is 3.79. The minimum Gasteiger partial charge on any atom is -0.489 e. The van der Waals surface area contributed by atoms with E-state index in [1.54, 1.807) is 13.8 Å². The lowest BCUT2D eigenvalue weighted by Gasteiger charge is -2.38. The van der Waals surface area contributed by atoms with E-state index >= 15 is 0 Å². The molecule has 0 bridgehead atoms. The molecule has 1 aliphatic rings. The smallest absolute Gasteiger partial charge is 0.323 e. The molecule has 5 nitrogen and oxygen atoms in total. The zero-order chi connectivity index (χ0) is 21.1. The fourth-order valence-electron chi connectivity index (χ4n) is 3.79. The standard InChI is InChI=1S/C25H26N2O3/c1-25(2,24(28)29)27-15-13-23-22(16-27)21(12-14-26-23)19-8-10-20(11-9-19)30-17-18-6-4-3-5-7-18/h3-12,14H,13,15-17H2,1-2H3,(H,28,29). The summed E-state index contributed by atoms with van der Waals surface area (Å²) in [6, 6.07) is 20.2. The van der Waals surface area contributed by atoms with Gasteiger partial charge in [0.1, 0.15) is 17.9 Å². The second kappa shape index (κ2) is 8.28. The maximum atomic E-state index is 11.7. The quantitative estimate of drug-likeness (QED) is 0.655. The number of fused-ring (bicyclic) bond motifs is 1. The molecule has 0 amide bonds. The molecular formula is C25H26N2O3. The second-order valence-corrected chi connectivity index (χ2v) is 8.12. The molecule has 0 saturated carbocycles. The van der Waals surface area contributed by atoms with Crippen molar-refractivity contribution in [2.24, 2.45) is 0 Å². The predicted octanol–water partition coefficient (Wildman–Crippen LogP) is 4.55. The summed E-state index contributed by atoms with van der Waals surface area (Å²) in [5, 5.41) is 9.62. The average Bonchev–Trinajstić information content (AvgIpc) is 2.78. The first kappa shape index (κ1) is 20.1. The van der Waals surface area contributed by atoms with E-state index in [1.165, 1.54) is 0 Å². The van der Waals surface area contributed by atoms with Crippen molar-refractivity contribution in [1.29, 1.82) is 0 Å².